The number of carbonyl (C=O) groups excluding carboxylic acids is 1. The van der Waals surface area contributed by atoms with Crippen molar-refractivity contribution in [3.8, 4) is 5.75 Å². The highest BCUT2D eigenvalue weighted by molar-refractivity contribution is 7.91. The Morgan fingerprint density at radius 1 is 1.21 bits per heavy atom. The van der Waals surface area contributed by atoms with E-state index in [-0.39, 0.29) is 35.5 Å². The van der Waals surface area contributed by atoms with Gasteiger partial charge in [-0.05, 0) is 61.8 Å². The molecule has 1 saturated heterocycles. The molecule has 4 rings (SSSR count). The Labute approximate surface area is 222 Å². The summed E-state index contributed by atoms with van der Waals surface area (Å²) in [5.41, 5.74) is 9.47. The van der Waals surface area contributed by atoms with E-state index in [1.807, 2.05) is 30.3 Å². The average molecular weight is 546 g/mol. The molecule has 2 aromatic rings. The van der Waals surface area contributed by atoms with Gasteiger partial charge in [-0.2, -0.15) is 8.78 Å². The number of ether oxygens (including phenoxy) is 1. The van der Waals surface area contributed by atoms with E-state index in [9.17, 15) is 22.0 Å². The quantitative estimate of drug-likeness (QED) is 0.508. The van der Waals surface area contributed by atoms with Gasteiger partial charge >= 0.3 is 6.61 Å². The molecule has 1 heterocycles. The predicted octanol–water partition coefficient (Wildman–Crippen LogP) is 4.48. The van der Waals surface area contributed by atoms with E-state index >= 15 is 0 Å². The maximum atomic E-state index is 12.9. The Morgan fingerprint density at radius 3 is 2.66 bits per heavy atom. The van der Waals surface area contributed by atoms with E-state index in [0.717, 1.165) is 16.8 Å². The summed E-state index contributed by atoms with van der Waals surface area (Å²) in [6.45, 7) is -0.720. The summed E-state index contributed by atoms with van der Waals surface area (Å²) in [5.74, 6) is -0.0969. The fraction of sp³-hybridized carbons (Fsp3) is 0.429. The molecular formula is C28H33F2N3O4S. The SMILES string of the molecule is C[C@]1(NC(=O)CC2CCC(=C(N)c3cccc(OC(F)F)c3)C(=NCc3ccccc3)C2)CCS(=O)(=O)C1. The Kier molecular flexibility index (Phi) is 8.50. The molecule has 1 saturated carbocycles. The first-order chi connectivity index (χ1) is 18.0. The van der Waals surface area contributed by atoms with Gasteiger partial charge in [0, 0.05) is 23.4 Å². The summed E-state index contributed by atoms with van der Waals surface area (Å²) in [5, 5.41) is 2.94. The summed E-state index contributed by atoms with van der Waals surface area (Å²) in [6, 6.07) is 16.0. The number of nitrogens with zero attached hydrogens (tertiary/aromatic N) is 1. The van der Waals surface area contributed by atoms with Crippen LogP contribution in [0.3, 0.4) is 0 Å². The molecule has 2 aromatic carbocycles. The van der Waals surface area contributed by atoms with Crippen molar-refractivity contribution in [2.45, 2.75) is 57.7 Å². The second-order valence-corrected chi connectivity index (χ2v) is 12.5. The van der Waals surface area contributed by atoms with Gasteiger partial charge in [-0.3, -0.25) is 9.79 Å². The minimum atomic E-state index is -3.13. The fourth-order valence-corrected chi connectivity index (χ4v) is 7.25. The monoisotopic (exact) mass is 545 g/mol. The van der Waals surface area contributed by atoms with Crippen LogP contribution >= 0.6 is 0 Å². The number of halogens is 2. The number of allylic oxidation sites excluding steroid dienone is 1. The number of benzene rings is 2. The van der Waals surface area contributed by atoms with Crippen molar-refractivity contribution >= 4 is 27.2 Å². The Balaban J connectivity index is 1.54. The molecule has 3 N–H and O–H groups in total. The lowest BCUT2D eigenvalue weighted by molar-refractivity contribution is -0.123. The van der Waals surface area contributed by atoms with Crippen LogP contribution in [0.5, 0.6) is 5.75 Å². The standard InChI is InChI=1S/C28H33F2N3O4S/c1-28(12-13-38(35,36)18-28)33-25(34)15-20-10-11-23(24(14-20)32-17-19-6-3-2-4-7-19)26(31)21-8-5-9-22(16-21)37-27(29)30/h2-9,16,20,27H,10-15,17-18,31H2,1H3,(H,33,34)/t20?,28-/m0/s1. The van der Waals surface area contributed by atoms with Gasteiger partial charge < -0.3 is 15.8 Å². The van der Waals surface area contributed by atoms with E-state index in [4.69, 9.17) is 10.7 Å². The second-order valence-electron chi connectivity index (χ2n) is 10.3. The summed E-state index contributed by atoms with van der Waals surface area (Å²) < 4.78 is 53.8. The molecule has 2 fully saturated rings. The fourth-order valence-electron chi connectivity index (χ4n) is 5.16. The third kappa shape index (κ3) is 7.40. The molecule has 1 amide bonds. The number of carbonyl (C=O) groups is 1. The van der Waals surface area contributed by atoms with E-state index in [2.05, 4.69) is 10.1 Å². The lowest BCUT2D eigenvalue weighted by Gasteiger charge is -2.29. The number of hydrogen-bond acceptors (Lipinski definition) is 6. The second kappa shape index (κ2) is 11.6. The van der Waals surface area contributed by atoms with Crippen molar-refractivity contribution in [2.24, 2.45) is 16.6 Å². The minimum absolute atomic E-state index is 0.0104. The molecule has 0 radical (unpaired) electrons. The number of aliphatic imine (C=N–C) groups is 1. The number of sulfone groups is 1. The highest BCUT2D eigenvalue weighted by atomic mass is 32.2. The van der Waals surface area contributed by atoms with Crippen LogP contribution in [-0.2, 0) is 21.2 Å². The molecular weight excluding hydrogens is 512 g/mol. The van der Waals surface area contributed by atoms with Gasteiger partial charge in [-0.25, -0.2) is 8.42 Å². The first-order valence-corrected chi connectivity index (χ1v) is 14.5. The van der Waals surface area contributed by atoms with Gasteiger partial charge in [-0.1, -0.05) is 42.5 Å². The maximum absolute atomic E-state index is 12.9. The topological polar surface area (TPSA) is 111 Å². The molecule has 0 aromatic heterocycles. The first kappa shape index (κ1) is 27.8. The van der Waals surface area contributed by atoms with Crippen LogP contribution in [-0.4, -0.2) is 43.7 Å². The van der Waals surface area contributed by atoms with Crippen molar-refractivity contribution in [2.75, 3.05) is 11.5 Å². The molecule has 10 heteroatoms. The Bertz CT molecular complexity index is 1330. The highest BCUT2D eigenvalue weighted by Crippen LogP contribution is 2.34. The highest BCUT2D eigenvalue weighted by Gasteiger charge is 2.39. The van der Waals surface area contributed by atoms with Crippen molar-refractivity contribution < 1.29 is 26.7 Å². The van der Waals surface area contributed by atoms with Gasteiger partial charge in [0.05, 0.1) is 23.6 Å². The summed E-state index contributed by atoms with van der Waals surface area (Å²) in [4.78, 5) is 17.7. The number of hydrogen-bond donors (Lipinski definition) is 2. The zero-order valence-corrected chi connectivity index (χ0v) is 22.1. The van der Waals surface area contributed by atoms with E-state index < -0.39 is 22.0 Å². The number of rotatable bonds is 8. The van der Waals surface area contributed by atoms with Gasteiger partial charge in [0.15, 0.2) is 9.84 Å². The Hall–Kier alpha value is -3.27. The Morgan fingerprint density at radius 2 is 1.97 bits per heavy atom. The van der Waals surface area contributed by atoms with Crippen LogP contribution in [0.15, 0.2) is 65.2 Å². The third-order valence-corrected chi connectivity index (χ3v) is 8.95. The summed E-state index contributed by atoms with van der Waals surface area (Å²) >= 11 is 0. The number of alkyl halides is 2. The van der Waals surface area contributed by atoms with Crippen molar-refractivity contribution in [3.05, 3.63) is 71.3 Å². The third-order valence-electron chi connectivity index (χ3n) is 7.04. The van der Waals surface area contributed by atoms with Gasteiger partial charge in [-0.15, -0.1) is 0 Å². The number of amides is 1. The predicted molar refractivity (Wildman–Crippen MR) is 144 cm³/mol. The maximum Gasteiger partial charge on any atom is 0.387 e. The average Bonchev–Trinajstić information content (AvgIpc) is 3.14. The van der Waals surface area contributed by atoms with E-state index in [1.165, 1.54) is 12.1 Å². The van der Waals surface area contributed by atoms with Crippen LogP contribution in [0.25, 0.3) is 5.70 Å². The van der Waals surface area contributed by atoms with Crippen LogP contribution in [0.1, 0.15) is 50.2 Å². The molecule has 204 valence electrons. The van der Waals surface area contributed by atoms with Crippen LogP contribution in [0.2, 0.25) is 0 Å². The van der Waals surface area contributed by atoms with Gasteiger partial charge in [0.1, 0.15) is 5.75 Å². The van der Waals surface area contributed by atoms with E-state index in [1.54, 1.807) is 19.1 Å². The summed E-state index contributed by atoms with van der Waals surface area (Å²) in [7, 11) is -3.13. The zero-order chi connectivity index (χ0) is 27.3. The number of nitrogens with two attached hydrogens (primary N) is 1. The summed E-state index contributed by atoms with van der Waals surface area (Å²) in [6.07, 6.45) is 2.45. The van der Waals surface area contributed by atoms with Crippen molar-refractivity contribution in [1.82, 2.24) is 5.32 Å². The minimum Gasteiger partial charge on any atom is -0.435 e. The normalized spacial score (nSPS) is 25.4. The van der Waals surface area contributed by atoms with Gasteiger partial charge in [0.25, 0.3) is 0 Å². The zero-order valence-electron chi connectivity index (χ0n) is 21.3. The first-order valence-electron chi connectivity index (χ1n) is 12.6. The lowest BCUT2D eigenvalue weighted by Crippen LogP contribution is -2.47. The molecule has 1 unspecified atom stereocenters. The van der Waals surface area contributed by atoms with Crippen molar-refractivity contribution in [1.29, 1.82) is 0 Å². The largest absolute Gasteiger partial charge is 0.435 e. The van der Waals surface area contributed by atoms with Crippen LogP contribution in [0, 0.1) is 5.92 Å². The lowest BCUT2D eigenvalue weighted by atomic mass is 9.80. The van der Waals surface area contributed by atoms with E-state index in [0.29, 0.717) is 43.5 Å². The molecule has 0 bridgehead atoms. The molecule has 1 aliphatic heterocycles. The molecule has 1 aliphatic carbocycles. The molecule has 2 atom stereocenters. The molecule has 0 spiro atoms. The van der Waals surface area contributed by atoms with Gasteiger partial charge in [0.2, 0.25) is 5.91 Å². The smallest absolute Gasteiger partial charge is 0.387 e. The number of nitrogens with one attached hydrogen (secondary N) is 1. The molecule has 38 heavy (non-hydrogen) atoms. The molecule has 7 nitrogen and oxygen atoms in total. The molecule has 2 aliphatic rings. The van der Waals surface area contributed by atoms with Crippen LogP contribution in [0.4, 0.5) is 8.78 Å². The van der Waals surface area contributed by atoms with Crippen LogP contribution < -0.4 is 15.8 Å². The van der Waals surface area contributed by atoms with Crippen molar-refractivity contribution in [3.63, 3.8) is 0 Å².